The fourth-order valence-electron chi connectivity index (χ4n) is 2.99. The van der Waals surface area contributed by atoms with E-state index in [-0.39, 0.29) is 12.3 Å². The topological polar surface area (TPSA) is 64.9 Å². The van der Waals surface area contributed by atoms with E-state index >= 15 is 0 Å². The van der Waals surface area contributed by atoms with E-state index in [4.69, 9.17) is 9.47 Å². The second-order valence-electron chi connectivity index (χ2n) is 6.17. The summed E-state index contributed by atoms with van der Waals surface area (Å²) >= 11 is 1.52. The van der Waals surface area contributed by atoms with Gasteiger partial charge in [0.25, 0.3) is 0 Å². The van der Waals surface area contributed by atoms with Gasteiger partial charge in [0.15, 0.2) is 16.5 Å². The number of nitrogens with one attached hydrogen (secondary N) is 1. The van der Waals surface area contributed by atoms with Gasteiger partial charge >= 0.3 is 0 Å². The zero-order valence-electron chi connectivity index (χ0n) is 15.5. The van der Waals surface area contributed by atoms with Crippen LogP contribution in [0.3, 0.4) is 0 Å². The average Bonchev–Trinajstić information content (AvgIpc) is 3.30. The number of thiazole rings is 1. The van der Waals surface area contributed by atoms with Gasteiger partial charge in [-0.3, -0.25) is 9.20 Å². The molecule has 6 nitrogen and oxygen atoms in total. The molecule has 0 aliphatic carbocycles. The molecular weight excluding hydrogens is 374 g/mol. The van der Waals surface area contributed by atoms with Crippen molar-refractivity contribution in [1.82, 2.24) is 9.38 Å². The number of ether oxygens (including phenoxy) is 2. The van der Waals surface area contributed by atoms with Crippen molar-refractivity contribution < 1.29 is 14.3 Å². The van der Waals surface area contributed by atoms with Crippen LogP contribution in [0.15, 0.2) is 60.1 Å². The van der Waals surface area contributed by atoms with E-state index in [0.717, 1.165) is 21.9 Å². The molecule has 2 heterocycles. The summed E-state index contributed by atoms with van der Waals surface area (Å²) in [5.41, 5.74) is 3.51. The first-order chi connectivity index (χ1) is 13.7. The van der Waals surface area contributed by atoms with Crippen LogP contribution in [0.1, 0.15) is 5.69 Å². The summed E-state index contributed by atoms with van der Waals surface area (Å²) < 4.78 is 12.5. The first-order valence-electron chi connectivity index (χ1n) is 8.70. The molecule has 4 aromatic rings. The molecule has 0 fully saturated rings. The lowest BCUT2D eigenvalue weighted by Crippen LogP contribution is -2.15. The minimum absolute atomic E-state index is 0.109. The van der Waals surface area contributed by atoms with Gasteiger partial charge in [0, 0.05) is 34.6 Å². The van der Waals surface area contributed by atoms with Crippen molar-refractivity contribution in [1.29, 1.82) is 0 Å². The van der Waals surface area contributed by atoms with Crippen molar-refractivity contribution in [3.05, 3.63) is 65.8 Å². The summed E-state index contributed by atoms with van der Waals surface area (Å²) in [6.45, 7) is 0. The van der Waals surface area contributed by atoms with E-state index in [1.54, 1.807) is 32.4 Å². The van der Waals surface area contributed by atoms with E-state index < -0.39 is 0 Å². The van der Waals surface area contributed by atoms with Crippen molar-refractivity contribution in [2.45, 2.75) is 6.42 Å². The Labute approximate surface area is 166 Å². The molecule has 1 N–H and O–H groups in total. The first-order valence-corrected chi connectivity index (χ1v) is 9.58. The third kappa shape index (κ3) is 3.57. The molecule has 0 atom stereocenters. The van der Waals surface area contributed by atoms with Gasteiger partial charge in [-0.25, -0.2) is 4.98 Å². The molecule has 2 aromatic heterocycles. The van der Waals surface area contributed by atoms with E-state index in [1.165, 1.54) is 11.3 Å². The number of hydrogen-bond acceptors (Lipinski definition) is 5. The zero-order valence-corrected chi connectivity index (χ0v) is 16.3. The lowest BCUT2D eigenvalue weighted by molar-refractivity contribution is -0.115. The van der Waals surface area contributed by atoms with Crippen LogP contribution in [-0.4, -0.2) is 29.5 Å². The zero-order chi connectivity index (χ0) is 19.5. The molecule has 0 saturated carbocycles. The highest BCUT2D eigenvalue weighted by Crippen LogP contribution is 2.30. The number of methoxy groups -OCH3 is 2. The number of carbonyl (C=O) groups is 1. The van der Waals surface area contributed by atoms with Crippen LogP contribution in [0.5, 0.6) is 11.5 Å². The third-order valence-electron chi connectivity index (χ3n) is 4.36. The van der Waals surface area contributed by atoms with Crippen LogP contribution in [0.4, 0.5) is 5.69 Å². The fraction of sp³-hybridized carbons (Fsp3) is 0.143. The van der Waals surface area contributed by atoms with Gasteiger partial charge in [-0.1, -0.05) is 30.3 Å². The molecule has 142 valence electrons. The van der Waals surface area contributed by atoms with Crippen LogP contribution >= 0.6 is 11.3 Å². The molecule has 0 aliphatic rings. The molecule has 0 radical (unpaired) electrons. The van der Waals surface area contributed by atoms with Crippen molar-refractivity contribution in [3.8, 4) is 22.8 Å². The van der Waals surface area contributed by atoms with Gasteiger partial charge in [-0.05, 0) is 12.1 Å². The van der Waals surface area contributed by atoms with E-state index in [9.17, 15) is 4.79 Å². The van der Waals surface area contributed by atoms with Gasteiger partial charge in [0.2, 0.25) is 5.91 Å². The number of anilines is 1. The summed E-state index contributed by atoms with van der Waals surface area (Å²) in [7, 11) is 3.14. The molecule has 0 aliphatic heterocycles. The lowest BCUT2D eigenvalue weighted by atomic mass is 10.2. The number of amides is 1. The van der Waals surface area contributed by atoms with Crippen molar-refractivity contribution in [2.24, 2.45) is 0 Å². The van der Waals surface area contributed by atoms with E-state index in [0.29, 0.717) is 17.2 Å². The molecule has 0 unspecified atom stereocenters. The second-order valence-corrected chi connectivity index (χ2v) is 7.00. The maximum Gasteiger partial charge on any atom is 0.230 e. The number of nitrogens with zero attached hydrogens (tertiary/aromatic N) is 2. The molecule has 2 aromatic carbocycles. The highest BCUT2D eigenvalue weighted by atomic mass is 32.1. The van der Waals surface area contributed by atoms with Gasteiger partial charge in [0.05, 0.1) is 26.3 Å². The van der Waals surface area contributed by atoms with E-state index in [2.05, 4.69) is 10.3 Å². The molecule has 1 amide bonds. The predicted molar refractivity (Wildman–Crippen MR) is 110 cm³/mol. The highest BCUT2D eigenvalue weighted by molar-refractivity contribution is 7.15. The number of carbonyl (C=O) groups excluding carboxylic acids is 1. The predicted octanol–water partition coefficient (Wildman–Crippen LogP) is 4.26. The van der Waals surface area contributed by atoms with Crippen LogP contribution in [0.2, 0.25) is 0 Å². The summed E-state index contributed by atoms with van der Waals surface area (Å²) in [6, 6.07) is 15.3. The Balaban J connectivity index is 1.52. The number of aromatic nitrogens is 2. The Morgan fingerprint density at radius 1 is 1.11 bits per heavy atom. The van der Waals surface area contributed by atoms with Crippen molar-refractivity contribution in [2.75, 3.05) is 19.5 Å². The van der Waals surface area contributed by atoms with E-state index in [1.807, 2.05) is 46.3 Å². The third-order valence-corrected chi connectivity index (χ3v) is 5.25. The summed E-state index contributed by atoms with van der Waals surface area (Å²) in [5, 5.41) is 4.87. The quantitative estimate of drug-likeness (QED) is 0.532. The normalized spacial score (nSPS) is 10.8. The maximum atomic E-state index is 12.5. The number of fused-ring (bicyclic) bond motifs is 1. The van der Waals surface area contributed by atoms with Gasteiger partial charge in [-0.2, -0.15) is 0 Å². The van der Waals surface area contributed by atoms with Crippen LogP contribution in [-0.2, 0) is 11.2 Å². The Hall–Kier alpha value is -3.32. The minimum atomic E-state index is -0.109. The molecule has 0 spiro atoms. The second kappa shape index (κ2) is 7.74. The van der Waals surface area contributed by atoms with Gasteiger partial charge in [-0.15, -0.1) is 11.3 Å². The fourth-order valence-corrected chi connectivity index (χ4v) is 3.86. The van der Waals surface area contributed by atoms with Gasteiger partial charge in [0.1, 0.15) is 0 Å². The number of rotatable bonds is 6. The highest BCUT2D eigenvalue weighted by Gasteiger charge is 2.13. The maximum absolute atomic E-state index is 12.5. The van der Waals surface area contributed by atoms with Crippen LogP contribution in [0, 0.1) is 0 Å². The summed E-state index contributed by atoms with van der Waals surface area (Å²) in [4.78, 5) is 18.1. The molecule has 7 heteroatoms. The molecule has 0 bridgehead atoms. The standard InChI is InChI=1S/C21H19N3O3S/c1-26-18-9-8-15(10-19(18)27-2)22-20(25)11-16-13-28-21-23-17(12-24(16)21)14-6-4-3-5-7-14/h3-10,12-13H,11H2,1-2H3,(H,22,25). The van der Waals surface area contributed by atoms with Crippen LogP contribution < -0.4 is 14.8 Å². The Bertz CT molecular complexity index is 1120. The van der Waals surface area contributed by atoms with Crippen molar-refractivity contribution >= 4 is 27.9 Å². The summed E-state index contributed by atoms with van der Waals surface area (Å²) in [5.74, 6) is 1.08. The number of hydrogen-bond donors (Lipinski definition) is 1. The SMILES string of the molecule is COc1ccc(NC(=O)Cc2csc3nc(-c4ccccc4)cn23)cc1OC. The lowest BCUT2D eigenvalue weighted by Gasteiger charge is -2.10. The Morgan fingerprint density at radius 2 is 1.89 bits per heavy atom. The van der Waals surface area contributed by atoms with Gasteiger partial charge < -0.3 is 14.8 Å². The molecule has 0 saturated heterocycles. The number of imidazole rings is 1. The van der Waals surface area contributed by atoms with Crippen LogP contribution in [0.25, 0.3) is 16.2 Å². The smallest absolute Gasteiger partial charge is 0.230 e. The minimum Gasteiger partial charge on any atom is -0.493 e. The molecule has 28 heavy (non-hydrogen) atoms. The summed E-state index contributed by atoms with van der Waals surface area (Å²) in [6.07, 6.45) is 2.22. The Morgan fingerprint density at radius 3 is 2.64 bits per heavy atom. The molecular formula is C21H19N3O3S. The Kier molecular flexibility index (Phi) is 4.99. The largest absolute Gasteiger partial charge is 0.493 e. The number of benzene rings is 2. The first kappa shape index (κ1) is 18.1. The molecule has 4 rings (SSSR count). The average molecular weight is 393 g/mol. The monoisotopic (exact) mass is 393 g/mol. The van der Waals surface area contributed by atoms with Crippen molar-refractivity contribution in [3.63, 3.8) is 0 Å².